The van der Waals surface area contributed by atoms with Crippen LogP contribution in [0.15, 0.2) is 18.3 Å². The molecule has 9 heteroatoms. The minimum Gasteiger partial charge on any atom is -0.375 e. The van der Waals surface area contributed by atoms with E-state index in [2.05, 4.69) is 9.88 Å². The van der Waals surface area contributed by atoms with Crippen molar-refractivity contribution in [2.45, 2.75) is 12.6 Å². The number of hydrogen-bond donors (Lipinski definition) is 1. The number of benzene rings is 1. The number of halogens is 4. The minimum absolute atomic E-state index is 0. The molecule has 4 nitrogen and oxygen atoms in total. The van der Waals surface area contributed by atoms with Crippen LogP contribution < -0.4 is 5.73 Å². The van der Waals surface area contributed by atoms with Crippen LogP contribution in [-0.2, 0) is 11.3 Å². The first-order chi connectivity index (χ1) is 10.5. The molecule has 2 N–H and O–H groups in total. The molecule has 1 aromatic heterocycles. The fourth-order valence-electron chi connectivity index (χ4n) is 2.44. The standard InChI is InChI=1S/C14H14Cl2FN3OS.ClH/c15-10-4-11(16)12(17)3-9(10)13-7-20(1-2-21-13)6-8-5-19-14(18)22-8;/h3-5,13H,1-2,6-7H2,(H2,18,19);1H. The lowest BCUT2D eigenvalue weighted by molar-refractivity contribution is -0.0327. The van der Waals surface area contributed by atoms with Gasteiger partial charge in [-0.15, -0.1) is 23.7 Å². The van der Waals surface area contributed by atoms with Crippen molar-refractivity contribution in [2.24, 2.45) is 0 Å². The molecule has 3 rings (SSSR count). The van der Waals surface area contributed by atoms with Crippen molar-refractivity contribution in [3.05, 3.63) is 44.6 Å². The summed E-state index contributed by atoms with van der Waals surface area (Å²) in [6.45, 7) is 2.71. The quantitative estimate of drug-likeness (QED) is 0.789. The van der Waals surface area contributed by atoms with Crippen LogP contribution in [0.3, 0.4) is 0 Å². The molecule has 2 heterocycles. The van der Waals surface area contributed by atoms with E-state index in [-0.39, 0.29) is 23.5 Å². The minimum atomic E-state index is -0.489. The predicted molar refractivity (Wildman–Crippen MR) is 94.2 cm³/mol. The largest absolute Gasteiger partial charge is 0.375 e. The van der Waals surface area contributed by atoms with E-state index in [1.54, 1.807) is 6.20 Å². The lowest BCUT2D eigenvalue weighted by Crippen LogP contribution is -2.37. The van der Waals surface area contributed by atoms with Gasteiger partial charge in [0.1, 0.15) is 5.82 Å². The van der Waals surface area contributed by atoms with Crippen LogP contribution in [0.4, 0.5) is 9.52 Å². The average molecular weight is 399 g/mol. The van der Waals surface area contributed by atoms with Gasteiger partial charge >= 0.3 is 0 Å². The van der Waals surface area contributed by atoms with E-state index in [1.807, 2.05) is 0 Å². The molecule has 1 aliphatic rings. The topological polar surface area (TPSA) is 51.4 Å². The van der Waals surface area contributed by atoms with Gasteiger partial charge in [-0.2, -0.15) is 0 Å². The number of thiazole rings is 1. The van der Waals surface area contributed by atoms with Gasteiger partial charge in [-0.3, -0.25) is 4.90 Å². The van der Waals surface area contributed by atoms with Gasteiger partial charge in [0.25, 0.3) is 0 Å². The number of nitrogens with zero attached hydrogens (tertiary/aromatic N) is 2. The molecule has 1 aromatic carbocycles. The second kappa shape index (κ2) is 7.96. The molecule has 1 unspecified atom stereocenters. The zero-order valence-corrected chi connectivity index (χ0v) is 15.1. The molecule has 0 aliphatic carbocycles. The Morgan fingerprint density at radius 3 is 2.87 bits per heavy atom. The van der Waals surface area contributed by atoms with Crippen LogP contribution in [0, 0.1) is 5.82 Å². The third kappa shape index (κ3) is 4.47. The van der Waals surface area contributed by atoms with Crippen molar-refractivity contribution in [3.8, 4) is 0 Å². The predicted octanol–water partition coefficient (Wildman–Crippen LogP) is 4.17. The number of aromatic nitrogens is 1. The molecule has 126 valence electrons. The highest BCUT2D eigenvalue weighted by Gasteiger charge is 2.25. The number of morpholine rings is 1. The van der Waals surface area contributed by atoms with Crippen molar-refractivity contribution in [1.29, 1.82) is 0 Å². The highest BCUT2D eigenvalue weighted by molar-refractivity contribution is 7.15. The van der Waals surface area contributed by atoms with E-state index in [4.69, 9.17) is 33.7 Å². The maximum absolute atomic E-state index is 13.7. The first-order valence-corrected chi connectivity index (χ1v) is 8.29. The lowest BCUT2D eigenvalue weighted by atomic mass is 10.1. The molecule has 23 heavy (non-hydrogen) atoms. The highest BCUT2D eigenvalue weighted by atomic mass is 35.5. The Bertz CT molecular complexity index is 685. The van der Waals surface area contributed by atoms with Crippen molar-refractivity contribution < 1.29 is 9.13 Å². The summed E-state index contributed by atoms with van der Waals surface area (Å²) in [6, 6.07) is 2.77. The van der Waals surface area contributed by atoms with Crippen LogP contribution in [0.25, 0.3) is 0 Å². The van der Waals surface area contributed by atoms with Crippen LogP contribution in [0.5, 0.6) is 0 Å². The second-order valence-corrected chi connectivity index (χ2v) is 7.01. The molecule has 0 saturated carbocycles. The van der Waals surface area contributed by atoms with Crippen LogP contribution >= 0.6 is 46.9 Å². The van der Waals surface area contributed by atoms with Gasteiger partial charge in [-0.05, 0) is 12.1 Å². The van der Waals surface area contributed by atoms with Crippen molar-refractivity contribution in [1.82, 2.24) is 9.88 Å². The van der Waals surface area contributed by atoms with Gasteiger partial charge in [-0.25, -0.2) is 9.37 Å². The van der Waals surface area contributed by atoms with Gasteiger partial charge in [0.15, 0.2) is 5.13 Å². The third-order valence-corrected chi connectivity index (χ3v) is 4.92. The highest BCUT2D eigenvalue weighted by Crippen LogP contribution is 2.33. The van der Waals surface area contributed by atoms with E-state index in [9.17, 15) is 4.39 Å². The molecule has 2 aromatic rings. The first-order valence-electron chi connectivity index (χ1n) is 6.71. The molecule has 0 spiro atoms. The Kier molecular flexibility index (Phi) is 6.48. The van der Waals surface area contributed by atoms with Gasteiger partial charge in [-0.1, -0.05) is 23.2 Å². The van der Waals surface area contributed by atoms with Gasteiger partial charge < -0.3 is 10.5 Å². The molecule has 1 fully saturated rings. The summed E-state index contributed by atoms with van der Waals surface area (Å²) in [5.41, 5.74) is 6.27. The Morgan fingerprint density at radius 1 is 1.39 bits per heavy atom. The van der Waals surface area contributed by atoms with E-state index < -0.39 is 5.82 Å². The normalized spacial score (nSPS) is 18.7. The van der Waals surface area contributed by atoms with E-state index in [0.29, 0.717) is 28.9 Å². The summed E-state index contributed by atoms with van der Waals surface area (Å²) in [4.78, 5) is 7.35. The molecular formula is C14H15Cl3FN3OS. The summed E-state index contributed by atoms with van der Waals surface area (Å²) in [7, 11) is 0. The Labute approximate surface area is 153 Å². The average Bonchev–Trinajstić information content (AvgIpc) is 2.88. The summed E-state index contributed by atoms with van der Waals surface area (Å²) >= 11 is 13.4. The van der Waals surface area contributed by atoms with Crippen LogP contribution in [-0.4, -0.2) is 29.6 Å². The molecular weight excluding hydrogens is 384 g/mol. The second-order valence-electron chi connectivity index (χ2n) is 5.05. The van der Waals surface area contributed by atoms with Gasteiger partial charge in [0, 0.05) is 41.3 Å². The van der Waals surface area contributed by atoms with Crippen molar-refractivity contribution in [2.75, 3.05) is 25.4 Å². The lowest BCUT2D eigenvalue weighted by Gasteiger charge is -2.33. The molecule has 1 saturated heterocycles. The third-order valence-electron chi connectivity index (χ3n) is 3.49. The Morgan fingerprint density at radius 2 is 2.17 bits per heavy atom. The van der Waals surface area contributed by atoms with Gasteiger partial charge in [0.2, 0.25) is 0 Å². The zero-order chi connectivity index (χ0) is 15.7. The smallest absolute Gasteiger partial charge is 0.180 e. The zero-order valence-electron chi connectivity index (χ0n) is 12.0. The fraction of sp³-hybridized carbons (Fsp3) is 0.357. The summed E-state index contributed by atoms with van der Waals surface area (Å²) in [5, 5.41) is 0.990. The van der Waals surface area contributed by atoms with E-state index >= 15 is 0 Å². The number of ether oxygens (including phenoxy) is 1. The summed E-state index contributed by atoms with van der Waals surface area (Å²) in [5.74, 6) is -0.489. The number of rotatable bonds is 3. The van der Waals surface area contributed by atoms with Crippen LogP contribution in [0.1, 0.15) is 16.5 Å². The van der Waals surface area contributed by atoms with Gasteiger partial charge in [0.05, 0.1) is 17.7 Å². The molecule has 1 aliphatic heterocycles. The Hall–Kier alpha value is -0.630. The monoisotopic (exact) mass is 397 g/mol. The molecule has 0 radical (unpaired) electrons. The number of anilines is 1. The molecule has 0 bridgehead atoms. The molecule has 1 atom stereocenters. The maximum atomic E-state index is 13.7. The van der Waals surface area contributed by atoms with E-state index in [0.717, 1.165) is 18.0 Å². The van der Waals surface area contributed by atoms with Crippen molar-refractivity contribution in [3.63, 3.8) is 0 Å². The SMILES string of the molecule is Cl.Nc1ncc(CN2CCOC(c3cc(F)c(Cl)cc3Cl)C2)s1. The summed E-state index contributed by atoms with van der Waals surface area (Å²) in [6.07, 6.45) is 1.50. The Balaban J connectivity index is 0.00000192. The van der Waals surface area contributed by atoms with Crippen molar-refractivity contribution >= 4 is 52.1 Å². The fourth-order valence-corrected chi connectivity index (χ4v) is 3.67. The number of hydrogen-bond acceptors (Lipinski definition) is 5. The number of nitrogen functional groups attached to an aromatic ring is 1. The van der Waals surface area contributed by atoms with Crippen LogP contribution in [0.2, 0.25) is 10.0 Å². The summed E-state index contributed by atoms with van der Waals surface area (Å²) < 4.78 is 19.4. The first kappa shape index (κ1) is 18.7. The maximum Gasteiger partial charge on any atom is 0.180 e. The number of nitrogens with two attached hydrogens (primary N) is 1. The van der Waals surface area contributed by atoms with E-state index in [1.165, 1.54) is 23.5 Å². The molecule has 0 amide bonds.